The van der Waals surface area contributed by atoms with Crippen LogP contribution in [0.15, 0.2) is 76.0 Å². The third-order valence-electron chi connectivity index (χ3n) is 4.88. The molecule has 0 aliphatic heterocycles. The second-order valence-electron chi connectivity index (χ2n) is 7.20. The maximum atomic E-state index is 13.0. The van der Waals surface area contributed by atoms with Crippen molar-refractivity contribution in [3.63, 3.8) is 0 Å². The summed E-state index contributed by atoms with van der Waals surface area (Å²) in [6.45, 7) is 3.98. The smallest absolute Gasteiger partial charge is 0.261 e. The van der Waals surface area contributed by atoms with Gasteiger partial charge < -0.3 is 14.5 Å². The highest BCUT2D eigenvalue weighted by atomic mass is 35.5. The molecule has 33 heavy (non-hydrogen) atoms. The molecule has 0 unspecified atom stereocenters. The average molecular weight is 485 g/mol. The highest BCUT2D eigenvalue weighted by Crippen LogP contribution is 2.35. The summed E-state index contributed by atoms with van der Waals surface area (Å²) < 4.78 is 39.4. The van der Waals surface area contributed by atoms with Crippen molar-refractivity contribution in [2.45, 2.75) is 18.7 Å². The van der Waals surface area contributed by atoms with Crippen LogP contribution in [-0.2, 0) is 10.0 Å². The monoisotopic (exact) mass is 484 g/mol. The van der Waals surface area contributed by atoms with E-state index < -0.39 is 10.0 Å². The van der Waals surface area contributed by atoms with Crippen molar-refractivity contribution in [3.05, 3.63) is 83.1 Å². The molecule has 0 aliphatic rings. The topological polar surface area (TPSA) is 97.6 Å². The van der Waals surface area contributed by atoms with Crippen molar-refractivity contribution >= 4 is 49.9 Å². The van der Waals surface area contributed by atoms with E-state index in [2.05, 4.69) is 10.0 Å². The number of sulfonamides is 1. The van der Waals surface area contributed by atoms with Gasteiger partial charge in [-0.15, -0.1) is 0 Å². The van der Waals surface area contributed by atoms with Gasteiger partial charge in [-0.3, -0.25) is 9.52 Å². The van der Waals surface area contributed by atoms with Gasteiger partial charge in [-0.1, -0.05) is 29.8 Å². The summed E-state index contributed by atoms with van der Waals surface area (Å²) in [4.78, 5) is 13.0. The molecular formula is C24H21ClN2O5S. The van der Waals surface area contributed by atoms with Crippen molar-refractivity contribution < 1.29 is 22.4 Å². The third kappa shape index (κ3) is 4.81. The molecule has 3 aromatic carbocycles. The second-order valence-corrected chi connectivity index (χ2v) is 9.29. The first-order valence-electron chi connectivity index (χ1n) is 10.1. The molecule has 9 heteroatoms. The Bertz CT molecular complexity index is 1420. The summed E-state index contributed by atoms with van der Waals surface area (Å²) in [5.41, 5.74) is 1.40. The zero-order valence-electron chi connectivity index (χ0n) is 17.9. The van der Waals surface area contributed by atoms with Gasteiger partial charge in [0.25, 0.3) is 15.9 Å². The maximum Gasteiger partial charge on any atom is 0.261 e. The van der Waals surface area contributed by atoms with E-state index in [0.29, 0.717) is 34.8 Å². The number of aryl methyl sites for hydroxylation is 1. The normalized spacial score (nSPS) is 11.4. The summed E-state index contributed by atoms with van der Waals surface area (Å²) in [7, 11) is -3.90. The van der Waals surface area contributed by atoms with E-state index in [-0.39, 0.29) is 27.1 Å². The average Bonchev–Trinajstić information content (AvgIpc) is 3.11. The van der Waals surface area contributed by atoms with E-state index in [4.69, 9.17) is 20.8 Å². The minimum absolute atomic E-state index is 0.0626. The van der Waals surface area contributed by atoms with E-state index in [1.165, 1.54) is 24.3 Å². The van der Waals surface area contributed by atoms with Crippen molar-refractivity contribution in [1.29, 1.82) is 0 Å². The summed E-state index contributed by atoms with van der Waals surface area (Å²) >= 11 is 6.37. The Morgan fingerprint density at radius 3 is 2.39 bits per heavy atom. The molecule has 1 heterocycles. The molecule has 0 saturated heterocycles. The number of benzene rings is 3. The minimum atomic E-state index is -3.90. The molecule has 7 nitrogen and oxygen atoms in total. The van der Waals surface area contributed by atoms with E-state index in [1.54, 1.807) is 43.3 Å². The Morgan fingerprint density at radius 2 is 1.73 bits per heavy atom. The number of carbonyl (C=O) groups excluding carboxylic acids is 1. The molecule has 0 radical (unpaired) electrons. The molecule has 2 N–H and O–H groups in total. The molecule has 0 bridgehead atoms. The van der Waals surface area contributed by atoms with Crippen LogP contribution in [0.3, 0.4) is 0 Å². The number of fused-ring (bicyclic) bond motifs is 1. The Labute approximate surface area is 196 Å². The van der Waals surface area contributed by atoms with Gasteiger partial charge in [-0.25, -0.2) is 8.42 Å². The van der Waals surface area contributed by atoms with E-state index in [1.807, 2.05) is 13.0 Å². The van der Waals surface area contributed by atoms with Crippen LogP contribution in [0.2, 0.25) is 5.02 Å². The number of hydrogen-bond donors (Lipinski definition) is 2. The van der Waals surface area contributed by atoms with Gasteiger partial charge in [0.15, 0.2) is 5.58 Å². The Hall–Kier alpha value is -3.49. The lowest BCUT2D eigenvalue weighted by molar-refractivity contribution is 0.102. The van der Waals surface area contributed by atoms with Crippen LogP contribution in [0.25, 0.3) is 11.0 Å². The number of para-hydroxylation sites is 1. The highest BCUT2D eigenvalue weighted by Gasteiger charge is 2.22. The van der Waals surface area contributed by atoms with Gasteiger partial charge in [0.05, 0.1) is 27.8 Å². The molecular weight excluding hydrogens is 464 g/mol. The lowest BCUT2D eigenvalue weighted by Crippen LogP contribution is -2.14. The Kier molecular flexibility index (Phi) is 6.31. The van der Waals surface area contributed by atoms with Gasteiger partial charge in [-0.05, 0) is 62.4 Å². The van der Waals surface area contributed by atoms with Crippen LogP contribution < -0.4 is 14.8 Å². The SMILES string of the molecule is CCOc1ccc(S(=O)(=O)Nc2cc(Cl)c3oc(C)c(C(=O)Nc4ccccc4)c3c2)cc1. The first-order valence-corrected chi connectivity index (χ1v) is 12.0. The van der Waals surface area contributed by atoms with Gasteiger partial charge in [0.1, 0.15) is 11.5 Å². The van der Waals surface area contributed by atoms with E-state index in [0.717, 1.165) is 0 Å². The minimum Gasteiger partial charge on any atom is -0.494 e. The number of ether oxygens (including phenoxy) is 1. The standard InChI is InChI=1S/C24H21ClN2O5S/c1-3-31-18-9-11-19(12-10-18)33(29,30)27-17-13-20-22(15(2)32-23(20)21(25)14-17)24(28)26-16-7-5-4-6-8-16/h4-14,27H,3H2,1-2H3,(H,26,28). The van der Waals surface area contributed by atoms with Crippen LogP contribution in [-0.4, -0.2) is 20.9 Å². The number of rotatable bonds is 7. The molecule has 0 atom stereocenters. The highest BCUT2D eigenvalue weighted by molar-refractivity contribution is 7.92. The van der Waals surface area contributed by atoms with Gasteiger partial charge in [0, 0.05) is 11.1 Å². The number of carbonyl (C=O) groups is 1. The first kappa shape index (κ1) is 22.7. The number of furan rings is 1. The molecule has 0 saturated carbocycles. The van der Waals surface area contributed by atoms with Gasteiger partial charge in [0.2, 0.25) is 0 Å². The summed E-state index contributed by atoms with van der Waals surface area (Å²) in [6, 6.07) is 18.0. The molecule has 0 spiro atoms. The fraction of sp³-hybridized carbons (Fsp3) is 0.125. The fourth-order valence-corrected chi connectivity index (χ4v) is 4.73. The molecule has 4 rings (SSSR count). The molecule has 0 aliphatic carbocycles. The second kappa shape index (κ2) is 9.17. The lowest BCUT2D eigenvalue weighted by Gasteiger charge is -2.10. The molecule has 170 valence electrons. The van der Waals surface area contributed by atoms with Crippen LogP contribution in [0.5, 0.6) is 5.75 Å². The fourth-order valence-electron chi connectivity index (χ4n) is 3.43. The zero-order chi connectivity index (χ0) is 23.6. The number of halogens is 1. The molecule has 0 fully saturated rings. The van der Waals surface area contributed by atoms with Crippen molar-refractivity contribution in [3.8, 4) is 5.75 Å². The number of anilines is 2. The predicted molar refractivity (Wildman–Crippen MR) is 129 cm³/mol. The van der Waals surface area contributed by atoms with Crippen molar-refractivity contribution in [2.75, 3.05) is 16.6 Å². The van der Waals surface area contributed by atoms with Crippen molar-refractivity contribution in [1.82, 2.24) is 0 Å². The zero-order valence-corrected chi connectivity index (χ0v) is 19.5. The number of hydrogen-bond acceptors (Lipinski definition) is 5. The largest absolute Gasteiger partial charge is 0.494 e. The first-order chi connectivity index (χ1) is 15.8. The quantitative estimate of drug-likeness (QED) is 0.343. The van der Waals surface area contributed by atoms with Gasteiger partial charge >= 0.3 is 0 Å². The molecule has 1 amide bonds. The third-order valence-corrected chi connectivity index (χ3v) is 6.55. The van der Waals surface area contributed by atoms with E-state index >= 15 is 0 Å². The molecule has 4 aromatic rings. The summed E-state index contributed by atoms with van der Waals surface area (Å²) in [6.07, 6.45) is 0. The molecule has 1 aromatic heterocycles. The van der Waals surface area contributed by atoms with Gasteiger partial charge in [-0.2, -0.15) is 0 Å². The van der Waals surface area contributed by atoms with Crippen LogP contribution >= 0.6 is 11.6 Å². The summed E-state index contributed by atoms with van der Waals surface area (Å²) in [5.74, 6) is 0.552. The lowest BCUT2D eigenvalue weighted by atomic mass is 10.1. The number of amides is 1. The van der Waals surface area contributed by atoms with Crippen LogP contribution in [0.4, 0.5) is 11.4 Å². The van der Waals surface area contributed by atoms with E-state index in [9.17, 15) is 13.2 Å². The van der Waals surface area contributed by atoms with Crippen LogP contribution in [0.1, 0.15) is 23.0 Å². The Morgan fingerprint density at radius 1 is 1.03 bits per heavy atom. The van der Waals surface area contributed by atoms with Crippen LogP contribution in [0, 0.1) is 6.92 Å². The Balaban J connectivity index is 1.68. The maximum absolute atomic E-state index is 13.0. The number of nitrogens with one attached hydrogen (secondary N) is 2. The predicted octanol–water partition coefficient (Wildman–Crippen LogP) is 5.85. The van der Waals surface area contributed by atoms with Crippen molar-refractivity contribution in [2.24, 2.45) is 0 Å². The summed E-state index contributed by atoms with van der Waals surface area (Å²) in [5, 5.41) is 3.39.